The minimum absolute atomic E-state index is 0.118. The van der Waals surface area contributed by atoms with Gasteiger partial charge in [0.2, 0.25) is 0 Å². The predicted molar refractivity (Wildman–Crippen MR) is 123 cm³/mol. The maximum atomic E-state index is 13.8. The molecule has 0 bridgehead atoms. The summed E-state index contributed by atoms with van der Waals surface area (Å²) in [6.07, 6.45) is 0. The Morgan fingerprint density at radius 1 is 0.818 bits per heavy atom. The van der Waals surface area contributed by atoms with Crippen LogP contribution in [0.25, 0.3) is 22.2 Å². The molecule has 0 atom stereocenters. The van der Waals surface area contributed by atoms with Crippen LogP contribution in [0, 0.1) is 0 Å². The zero-order valence-electron chi connectivity index (χ0n) is 18.4. The summed E-state index contributed by atoms with van der Waals surface area (Å²) in [6, 6.07) is 17.5. The third-order valence-corrected chi connectivity index (χ3v) is 5.78. The van der Waals surface area contributed by atoms with Crippen molar-refractivity contribution in [3.05, 3.63) is 77.4 Å². The van der Waals surface area contributed by atoms with Crippen molar-refractivity contribution >= 4 is 22.6 Å². The van der Waals surface area contributed by atoms with Gasteiger partial charge in [-0.05, 0) is 60.7 Å². The van der Waals surface area contributed by atoms with Gasteiger partial charge in [-0.15, -0.1) is 0 Å². The molecular weight excluding hydrogens is 422 g/mol. The van der Waals surface area contributed by atoms with Crippen molar-refractivity contribution in [3.63, 3.8) is 0 Å². The van der Waals surface area contributed by atoms with Gasteiger partial charge in [-0.25, -0.2) is 0 Å². The van der Waals surface area contributed by atoms with Crippen molar-refractivity contribution < 1.29 is 28.5 Å². The fourth-order valence-electron chi connectivity index (χ4n) is 4.22. The predicted octanol–water partition coefficient (Wildman–Crippen LogP) is 4.54. The molecule has 0 saturated heterocycles. The maximum Gasteiger partial charge on any atom is 0.263 e. The van der Waals surface area contributed by atoms with E-state index < -0.39 is 0 Å². The van der Waals surface area contributed by atoms with Gasteiger partial charge in [0.1, 0.15) is 17.2 Å². The highest BCUT2D eigenvalue weighted by Crippen LogP contribution is 2.43. The highest BCUT2D eigenvalue weighted by atomic mass is 16.7. The van der Waals surface area contributed by atoms with Crippen molar-refractivity contribution in [2.24, 2.45) is 0 Å². The lowest BCUT2D eigenvalue weighted by molar-refractivity contribution is 0.0511. The van der Waals surface area contributed by atoms with E-state index in [0.717, 1.165) is 0 Å². The number of ether oxygens (including phenoxy) is 4. The second-order valence-electron chi connectivity index (χ2n) is 7.56. The number of hydrogen-bond donors (Lipinski definition) is 0. The lowest BCUT2D eigenvalue weighted by atomic mass is 9.95. The van der Waals surface area contributed by atoms with E-state index in [0.29, 0.717) is 56.1 Å². The zero-order chi connectivity index (χ0) is 23.1. The van der Waals surface area contributed by atoms with Gasteiger partial charge in [-0.2, -0.15) is 0 Å². The molecule has 7 nitrogen and oxygen atoms in total. The van der Waals surface area contributed by atoms with E-state index in [1.54, 1.807) is 80.5 Å². The van der Waals surface area contributed by atoms with E-state index in [2.05, 4.69) is 0 Å². The molecule has 0 fully saturated rings. The molecule has 166 valence electrons. The molecular formula is C26H21NO6. The number of carbonyl (C=O) groups excluding carboxylic acids is 2. The Balaban J connectivity index is 1.71. The molecule has 1 aliphatic rings. The van der Waals surface area contributed by atoms with Gasteiger partial charge in [0.15, 0.2) is 12.6 Å². The minimum Gasteiger partial charge on any atom is -0.497 e. The molecule has 5 rings (SSSR count). The number of fused-ring (bicyclic) bond motifs is 5. The Kier molecular flexibility index (Phi) is 5.11. The largest absolute Gasteiger partial charge is 0.497 e. The third-order valence-electron chi connectivity index (χ3n) is 5.78. The molecule has 1 aromatic heterocycles. The van der Waals surface area contributed by atoms with E-state index >= 15 is 0 Å². The first-order chi connectivity index (χ1) is 16.1. The molecule has 33 heavy (non-hydrogen) atoms. The number of aromatic nitrogens is 1. The molecule has 0 N–H and O–H groups in total. The van der Waals surface area contributed by atoms with Gasteiger partial charge in [0.25, 0.3) is 5.91 Å². The van der Waals surface area contributed by atoms with Crippen molar-refractivity contribution in [1.29, 1.82) is 0 Å². The standard InChI is InChI=1S/C26H21NO6/c1-30-14-33-16-6-4-15(5-7-16)25(28)23-21-13-18(32-3)9-11-22(21)27-24(23)19-10-8-17(31-2)12-20(19)26(27)29/h4-13H,14H2,1-3H3. The number of methoxy groups -OCH3 is 3. The summed E-state index contributed by atoms with van der Waals surface area (Å²) in [5.41, 5.74) is 3.35. The number of carbonyl (C=O) groups is 2. The van der Waals surface area contributed by atoms with Crippen molar-refractivity contribution in [2.45, 2.75) is 0 Å². The van der Waals surface area contributed by atoms with Gasteiger partial charge in [0, 0.05) is 23.6 Å². The quantitative estimate of drug-likeness (QED) is 0.272. The number of benzene rings is 3. The summed E-state index contributed by atoms with van der Waals surface area (Å²) in [4.78, 5) is 27.2. The fourth-order valence-corrected chi connectivity index (χ4v) is 4.22. The Morgan fingerprint density at radius 3 is 2.18 bits per heavy atom. The molecule has 1 aliphatic heterocycles. The molecule has 0 radical (unpaired) electrons. The number of hydrogen-bond acceptors (Lipinski definition) is 6. The van der Waals surface area contributed by atoms with E-state index in [-0.39, 0.29) is 18.5 Å². The lowest BCUT2D eigenvalue weighted by Gasteiger charge is -2.08. The van der Waals surface area contributed by atoms with Gasteiger partial charge in [-0.1, -0.05) is 0 Å². The Bertz CT molecular complexity index is 1400. The SMILES string of the molecule is COCOc1ccc(C(=O)c2c3n(c4ccc(OC)cc24)C(=O)c2cc(OC)ccc2-3)cc1. The number of ketones is 1. The molecule has 7 heteroatoms. The van der Waals surface area contributed by atoms with Gasteiger partial charge < -0.3 is 18.9 Å². The Labute approximate surface area is 190 Å². The lowest BCUT2D eigenvalue weighted by Crippen LogP contribution is -2.06. The topological polar surface area (TPSA) is 76.0 Å². The van der Waals surface area contributed by atoms with E-state index in [1.165, 1.54) is 0 Å². The van der Waals surface area contributed by atoms with Crippen LogP contribution in [0.3, 0.4) is 0 Å². The summed E-state index contributed by atoms with van der Waals surface area (Å²) in [7, 11) is 4.66. The normalized spacial score (nSPS) is 11.9. The van der Waals surface area contributed by atoms with Gasteiger partial charge in [0.05, 0.1) is 36.6 Å². The average molecular weight is 443 g/mol. The Hall–Kier alpha value is -4.10. The highest BCUT2D eigenvalue weighted by Gasteiger charge is 2.35. The first kappa shape index (κ1) is 20.8. The number of rotatable bonds is 7. The summed E-state index contributed by atoms with van der Waals surface area (Å²) in [6.45, 7) is 0.118. The van der Waals surface area contributed by atoms with Crippen LogP contribution >= 0.6 is 0 Å². The van der Waals surface area contributed by atoms with Crippen LogP contribution in [-0.4, -0.2) is 44.4 Å². The molecule has 2 heterocycles. The first-order valence-electron chi connectivity index (χ1n) is 10.3. The molecule has 0 amide bonds. The van der Waals surface area contributed by atoms with Crippen LogP contribution in [0.1, 0.15) is 26.3 Å². The first-order valence-corrected chi connectivity index (χ1v) is 10.3. The van der Waals surface area contributed by atoms with Gasteiger partial charge in [-0.3, -0.25) is 14.2 Å². The maximum absolute atomic E-state index is 13.8. The van der Waals surface area contributed by atoms with Crippen molar-refractivity contribution in [2.75, 3.05) is 28.1 Å². The van der Waals surface area contributed by atoms with Crippen LogP contribution in [-0.2, 0) is 4.74 Å². The molecule has 0 spiro atoms. The number of nitrogens with zero attached hydrogens (tertiary/aromatic N) is 1. The summed E-state index contributed by atoms with van der Waals surface area (Å²) >= 11 is 0. The molecule has 0 aliphatic carbocycles. The van der Waals surface area contributed by atoms with Crippen molar-refractivity contribution in [3.8, 4) is 28.5 Å². The van der Waals surface area contributed by atoms with E-state index in [1.807, 2.05) is 6.07 Å². The summed E-state index contributed by atoms with van der Waals surface area (Å²) in [5, 5.41) is 0.656. The zero-order valence-corrected chi connectivity index (χ0v) is 18.4. The van der Waals surface area contributed by atoms with E-state index in [9.17, 15) is 9.59 Å². The monoisotopic (exact) mass is 443 g/mol. The molecule has 0 saturated carbocycles. The molecule has 3 aromatic carbocycles. The second kappa shape index (κ2) is 8.11. The summed E-state index contributed by atoms with van der Waals surface area (Å²) < 4.78 is 22.6. The second-order valence-corrected chi connectivity index (χ2v) is 7.56. The van der Waals surface area contributed by atoms with Crippen LogP contribution < -0.4 is 14.2 Å². The smallest absolute Gasteiger partial charge is 0.263 e. The molecule has 4 aromatic rings. The third kappa shape index (κ3) is 3.25. The van der Waals surface area contributed by atoms with E-state index in [4.69, 9.17) is 18.9 Å². The van der Waals surface area contributed by atoms with Gasteiger partial charge >= 0.3 is 0 Å². The fraction of sp³-hybridized carbons (Fsp3) is 0.154. The summed E-state index contributed by atoms with van der Waals surface area (Å²) in [5.74, 6) is 1.38. The van der Waals surface area contributed by atoms with Crippen molar-refractivity contribution in [1.82, 2.24) is 4.57 Å². The van der Waals surface area contributed by atoms with Crippen LogP contribution in [0.5, 0.6) is 17.2 Å². The Morgan fingerprint density at radius 2 is 1.48 bits per heavy atom. The van der Waals surface area contributed by atoms with Crippen LogP contribution in [0.15, 0.2) is 60.7 Å². The van der Waals surface area contributed by atoms with Crippen LogP contribution in [0.4, 0.5) is 0 Å². The highest BCUT2D eigenvalue weighted by molar-refractivity contribution is 6.26. The minimum atomic E-state index is -0.198. The van der Waals surface area contributed by atoms with Crippen LogP contribution in [0.2, 0.25) is 0 Å². The average Bonchev–Trinajstić information content (AvgIpc) is 3.34. The molecule has 0 unspecified atom stereocenters.